The monoisotopic (exact) mass is 435 g/mol. The summed E-state index contributed by atoms with van der Waals surface area (Å²) in [6, 6.07) is 14.1. The van der Waals surface area contributed by atoms with Crippen LogP contribution < -0.4 is 4.74 Å². The molecule has 2 atom stereocenters. The highest BCUT2D eigenvalue weighted by molar-refractivity contribution is 5.48. The maximum absolute atomic E-state index is 11.3. The number of fused-ring (bicyclic) bond motifs is 3. The van der Waals surface area contributed by atoms with E-state index in [1.807, 2.05) is 12.1 Å². The van der Waals surface area contributed by atoms with Crippen LogP contribution in [0.5, 0.6) is 5.75 Å². The zero-order valence-corrected chi connectivity index (χ0v) is 18.7. The van der Waals surface area contributed by atoms with Crippen molar-refractivity contribution in [3.8, 4) is 5.75 Å². The molecule has 0 radical (unpaired) electrons. The Labute approximate surface area is 190 Å². The Morgan fingerprint density at radius 2 is 1.88 bits per heavy atom. The van der Waals surface area contributed by atoms with Crippen molar-refractivity contribution in [2.24, 2.45) is 0 Å². The molecule has 3 aliphatic rings. The molecule has 0 amide bonds. The minimum Gasteiger partial charge on any atom is -0.494 e. The zero-order valence-electron chi connectivity index (χ0n) is 18.7. The lowest BCUT2D eigenvalue weighted by atomic mass is 9.81. The van der Waals surface area contributed by atoms with Gasteiger partial charge in [-0.25, -0.2) is 0 Å². The first-order valence-electron chi connectivity index (χ1n) is 12.2. The predicted octanol–water partition coefficient (Wildman–Crippen LogP) is 5.13. The molecular formula is C26H33N3O3. The van der Waals surface area contributed by atoms with Gasteiger partial charge in [-0.05, 0) is 80.6 Å². The van der Waals surface area contributed by atoms with E-state index in [1.54, 1.807) is 12.1 Å². The number of ether oxygens (including phenoxy) is 1. The molecule has 32 heavy (non-hydrogen) atoms. The molecule has 0 saturated carbocycles. The van der Waals surface area contributed by atoms with E-state index in [2.05, 4.69) is 28.0 Å². The fraction of sp³-hybridized carbons (Fsp3) is 0.538. The Kier molecular flexibility index (Phi) is 6.42. The molecule has 0 aromatic heterocycles. The number of hydrogen-bond acceptors (Lipinski definition) is 5. The fourth-order valence-corrected chi connectivity index (χ4v) is 5.78. The minimum atomic E-state index is -0.299. The SMILES string of the molecule is O=[N+]([O-])c1cccc([C@H]2CN3CCC[C@@H]3c3cc(OCCCN4CCCCC4)ccc32)c1. The highest BCUT2D eigenvalue weighted by Crippen LogP contribution is 2.45. The van der Waals surface area contributed by atoms with Gasteiger partial charge in [-0.3, -0.25) is 15.0 Å². The smallest absolute Gasteiger partial charge is 0.269 e. The average Bonchev–Trinajstić information content (AvgIpc) is 3.31. The topological polar surface area (TPSA) is 58.9 Å². The number of likely N-dealkylation sites (tertiary alicyclic amines) is 1. The summed E-state index contributed by atoms with van der Waals surface area (Å²) in [5.41, 5.74) is 3.84. The van der Waals surface area contributed by atoms with Gasteiger partial charge < -0.3 is 9.64 Å². The van der Waals surface area contributed by atoms with Crippen LogP contribution in [0.2, 0.25) is 0 Å². The van der Waals surface area contributed by atoms with Crippen molar-refractivity contribution < 1.29 is 9.66 Å². The summed E-state index contributed by atoms with van der Waals surface area (Å²) in [5.74, 6) is 1.11. The molecule has 5 rings (SSSR count). The summed E-state index contributed by atoms with van der Waals surface area (Å²) in [4.78, 5) is 16.1. The summed E-state index contributed by atoms with van der Waals surface area (Å²) in [6.45, 7) is 6.35. The first kappa shape index (κ1) is 21.4. The number of hydrogen-bond donors (Lipinski definition) is 0. The largest absolute Gasteiger partial charge is 0.494 e. The Morgan fingerprint density at radius 1 is 1.00 bits per heavy atom. The molecule has 2 aromatic rings. The second-order valence-corrected chi connectivity index (χ2v) is 9.45. The van der Waals surface area contributed by atoms with E-state index in [0.717, 1.165) is 44.0 Å². The van der Waals surface area contributed by atoms with Crippen molar-refractivity contribution in [3.05, 3.63) is 69.3 Å². The lowest BCUT2D eigenvalue weighted by Gasteiger charge is -2.37. The lowest BCUT2D eigenvalue weighted by Crippen LogP contribution is -2.34. The third-order valence-corrected chi connectivity index (χ3v) is 7.39. The Morgan fingerprint density at radius 3 is 2.72 bits per heavy atom. The number of nitrogens with zero attached hydrogens (tertiary/aromatic N) is 3. The summed E-state index contributed by atoms with van der Waals surface area (Å²) in [7, 11) is 0. The van der Waals surface area contributed by atoms with Gasteiger partial charge >= 0.3 is 0 Å². The summed E-state index contributed by atoms with van der Waals surface area (Å²) < 4.78 is 6.17. The van der Waals surface area contributed by atoms with E-state index in [-0.39, 0.29) is 16.5 Å². The van der Waals surface area contributed by atoms with Gasteiger partial charge in [-0.2, -0.15) is 0 Å². The number of benzene rings is 2. The van der Waals surface area contributed by atoms with Gasteiger partial charge in [0.15, 0.2) is 0 Å². The van der Waals surface area contributed by atoms with Crippen LogP contribution in [-0.4, -0.2) is 54.1 Å². The maximum Gasteiger partial charge on any atom is 0.269 e. The Bertz CT molecular complexity index is 957. The van der Waals surface area contributed by atoms with Crippen molar-refractivity contribution in [1.82, 2.24) is 9.80 Å². The van der Waals surface area contributed by atoms with Crippen LogP contribution in [-0.2, 0) is 0 Å². The normalized spacial score (nSPS) is 23.5. The van der Waals surface area contributed by atoms with E-state index < -0.39 is 0 Å². The van der Waals surface area contributed by atoms with E-state index in [1.165, 1.54) is 56.3 Å². The maximum atomic E-state index is 11.3. The highest BCUT2D eigenvalue weighted by Gasteiger charge is 2.37. The van der Waals surface area contributed by atoms with Crippen LogP contribution in [0.15, 0.2) is 42.5 Å². The van der Waals surface area contributed by atoms with E-state index in [4.69, 9.17) is 4.74 Å². The van der Waals surface area contributed by atoms with Gasteiger partial charge in [0.2, 0.25) is 0 Å². The summed E-state index contributed by atoms with van der Waals surface area (Å²) in [5, 5.41) is 11.3. The molecule has 3 heterocycles. The predicted molar refractivity (Wildman–Crippen MR) is 125 cm³/mol. The first-order valence-corrected chi connectivity index (χ1v) is 12.2. The summed E-state index contributed by atoms with van der Waals surface area (Å²) in [6.07, 6.45) is 7.46. The molecule has 0 bridgehead atoms. The van der Waals surface area contributed by atoms with Crippen molar-refractivity contribution in [3.63, 3.8) is 0 Å². The van der Waals surface area contributed by atoms with Gasteiger partial charge in [-0.15, -0.1) is 0 Å². The Balaban J connectivity index is 1.32. The standard InChI is InChI=1S/C26H33N3O3/c30-29(31)21-8-4-7-20(17-21)25-19-28-15-5-9-26(28)24-18-22(10-11-23(24)25)32-16-6-14-27-12-2-1-3-13-27/h4,7-8,10-11,17-18,25-26H,1-3,5-6,9,12-16,19H2/t25-,26-/m1/s1. The van der Waals surface area contributed by atoms with Crippen LogP contribution in [0.25, 0.3) is 0 Å². The second kappa shape index (κ2) is 9.59. The molecule has 170 valence electrons. The molecule has 0 spiro atoms. The van der Waals surface area contributed by atoms with Crippen LogP contribution >= 0.6 is 0 Å². The van der Waals surface area contributed by atoms with Gasteiger partial charge in [0.05, 0.1) is 11.5 Å². The lowest BCUT2D eigenvalue weighted by molar-refractivity contribution is -0.384. The van der Waals surface area contributed by atoms with Crippen molar-refractivity contribution >= 4 is 5.69 Å². The van der Waals surface area contributed by atoms with Gasteiger partial charge in [-0.1, -0.05) is 24.6 Å². The molecule has 0 N–H and O–H groups in total. The second-order valence-electron chi connectivity index (χ2n) is 9.45. The molecule has 0 unspecified atom stereocenters. The number of non-ortho nitro benzene ring substituents is 1. The number of nitro groups is 1. The average molecular weight is 436 g/mol. The van der Waals surface area contributed by atoms with Crippen molar-refractivity contribution in [1.29, 1.82) is 0 Å². The fourth-order valence-electron chi connectivity index (χ4n) is 5.78. The summed E-state index contributed by atoms with van der Waals surface area (Å²) >= 11 is 0. The molecule has 2 aromatic carbocycles. The van der Waals surface area contributed by atoms with Crippen molar-refractivity contribution in [2.75, 3.05) is 39.3 Å². The van der Waals surface area contributed by atoms with Crippen LogP contribution in [0.3, 0.4) is 0 Å². The van der Waals surface area contributed by atoms with E-state index in [9.17, 15) is 10.1 Å². The molecule has 2 saturated heterocycles. The quantitative estimate of drug-likeness (QED) is 0.343. The van der Waals surface area contributed by atoms with Crippen molar-refractivity contribution in [2.45, 2.75) is 50.5 Å². The minimum absolute atomic E-state index is 0.160. The van der Waals surface area contributed by atoms with Gasteiger partial charge in [0.1, 0.15) is 5.75 Å². The third-order valence-electron chi connectivity index (χ3n) is 7.39. The number of piperidine rings is 1. The molecule has 3 aliphatic heterocycles. The zero-order chi connectivity index (χ0) is 21.9. The molecule has 0 aliphatic carbocycles. The molecule has 6 heteroatoms. The number of nitro benzene ring substituents is 1. The molecule has 6 nitrogen and oxygen atoms in total. The van der Waals surface area contributed by atoms with Crippen LogP contribution in [0.4, 0.5) is 5.69 Å². The third kappa shape index (κ3) is 4.52. The molecular weight excluding hydrogens is 402 g/mol. The highest BCUT2D eigenvalue weighted by atomic mass is 16.6. The number of rotatable bonds is 7. The van der Waals surface area contributed by atoms with Crippen LogP contribution in [0, 0.1) is 10.1 Å². The van der Waals surface area contributed by atoms with Crippen LogP contribution in [0.1, 0.15) is 67.2 Å². The van der Waals surface area contributed by atoms with E-state index in [0.29, 0.717) is 6.04 Å². The first-order chi connectivity index (χ1) is 15.7. The molecule has 2 fully saturated rings. The Hall–Kier alpha value is -2.44. The van der Waals surface area contributed by atoms with Gasteiger partial charge in [0, 0.05) is 37.2 Å². The van der Waals surface area contributed by atoms with E-state index >= 15 is 0 Å². The van der Waals surface area contributed by atoms with Gasteiger partial charge in [0.25, 0.3) is 5.69 Å².